The molecule has 1 amide bonds. The van der Waals surface area contributed by atoms with E-state index in [0.29, 0.717) is 12.6 Å². The van der Waals surface area contributed by atoms with E-state index < -0.39 is 12.8 Å². The molecule has 1 aliphatic rings. The van der Waals surface area contributed by atoms with Crippen LogP contribution in [0.2, 0.25) is 0 Å². The van der Waals surface area contributed by atoms with Gasteiger partial charge < -0.3 is 15.4 Å². The Morgan fingerprint density at radius 1 is 1.44 bits per heavy atom. The highest BCUT2D eigenvalue weighted by Crippen LogP contribution is 2.14. The first kappa shape index (κ1) is 15.2. The molecule has 0 aromatic carbocycles. The summed E-state index contributed by atoms with van der Waals surface area (Å²) in [6.45, 7) is 0.0684. The van der Waals surface area contributed by atoms with Gasteiger partial charge in [0.05, 0.1) is 6.61 Å². The summed E-state index contributed by atoms with van der Waals surface area (Å²) in [6, 6.07) is 0.451. The summed E-state index contributed by atoms with van der Waals surface area (Å²) in [4.78, 5) is 11.2. The third-order valence-corrected chi connectivity index (χ3v) is 2.72. The van der Waals surface area contributed by atoms with E-state index in [1.165, 1.54) is 0 Å². The largest absolute Gasteiger partial charge is 0.411 e. The van der Waals surface area contributed by atoms with Gasteiger partial charge in [0.2, 0.25) is 5.91 Å². The fourth-order valence-electron chi connectivity index (χ4n) is 1.83. The minimum Gasteiger partial charge on any atom is -0.372 e. The molecule has 4 nitrogen and oxygen atoms in total. The second-order valence-electron chi connectivity index (χ2n) is 4.35. The smallest absolute Gasteiger partial charge is 0.372 e. The molecule has 1 rings (SSSR count). The molecular weight excluding hydrogens is 249 g/mol. The molecule has 7 heteroatoms. The van der Waals surface area contributed by atoms with E-state index in [-0.39, 0.29) is 18.9 Å². The Morgan fingerprint density at radius 3 is 2.83 bits per heavy atom. The van der Waals surface area contributed by atoms with Crippen LogP contribution < -0.4 is 10.6 Å². The lowest BCUT2D eigenvalue weighted by atomic mass is 10.1. The van der Waals surface area contributed by atoms with Crippen LogP contribution in [0.3, 0.4) is 0 Å². The van der Waals surface area contributed by atoms with Gasteiger partial charge in [-0.05, 0) is 25.8 Å². The van der Waals surface area contributed by atoms with Crippen molar-refractivity contribution in [2.45, 2.75) is 37.9 Å². The van der Waals surface area contributed by atoms with Gasteiger partial charge in [-0.1, -0.05) is 0 Å². The van der Waals surface area contributed by atoms with Gasteiger partial charge in [-0.15, -0.1) is 0 Å². The standard InChI is InChI=1S/C11H19F3N2O2/c12-11(13,14)8-18-7-4-10(17)16-6-3-9-2-1-5-15-9/h9,15H,1-8H2,(H,16,17). The molecule has 1 fully saturated rings. The molecule has 106 valence electrons. The van der Waals surface area contributed by atoms with Crippen LogP contribution in [0.1, 0.15) is 25.7 Å². The zero-order valence-electron chi connectivity index (χ0n) is 10.2. The minimum atomic E-state index is -4.33. The highest BCUT2D eigenvalue weighted by molar-refractivity contribution is 5.75. The summed E-state index contributed by atoms with van der Waals surface area (Å²) in [6.07, 6.45) is -1.23. The zero-order valence-corrected chi connectivity index (χ0v) is 10.2. The Morgan fingerprint density at radius 2 is 2.22 bits per heavy atom. The first-order valence-corrected chi connectivity index (χ1v) is 6.12. The van der Waals surface area contributed by atoms with Crippen molar-refractivity contribution in [1.29, 1.82) is 0 Å². The molecule has 1 atom stereocenters. The number of nitrogens with one attached hydrogen (secondary N) is 2. The summed E-state index contributed by atoms with van der Waals surface area (Å²) in [5, 5.41) is 5.97. The molecule has 1 saturated heterocycles. The molecule has 0 aliphatic carbocycles. The van der Waals surface area contributed by atoms with Crippen LogP contribution >= 0.6 is 0 Å². The van der Waals surface area contributed by atoms with Gasteiger partial charge in [-0.2, -0.15) is 13.2 Å². The van der Waals surface area contributed by atoms with Crippen molar-refractivity contribution in [2.24, 2.45) is 0 Å². The fourth-order valence-corrected chi connectivity index (χ4v) is 1.83. The predicted octanol–water partition coefficient (Wildman–Crippen LogP) is 1.21. The topological polar surface area (TPSA) is 50.4 Å². The highest BCUT2D eigenvalue weighted by atomic mass is 19.4. The van der Waals surface area contributed by atoms with Crippen LogP contribution in [0.15, 0.2) is 0 Å². The van der Waals surface area contributed by atoms with E-state index in [2.05, 4.69) is 15.4 Å². The van der Waals surface area contributed by atoms with Crippen LogP contribution in [-0.4, -0.2) is 44.4 Å². The van der Waals surface area contributed by atoms with Crippen LogP contribution in [0.25, 0.3) is 0 Å². The maximum absolute atomic E-state index is 11.7. The van der Waals surface area contributed by atoms with E-state index in [9.17, 15) is 18.0 Å². The van der Waals surface area contributed by atoms with Crippen molar-refractivity contribution in [3.63, 3.8) is 0 Å². The number of carbonyl (C=O) groups is 1. The number of carbonyl (C=O) groups excluding carboxylic acids is 1. The Balaban J connectivity index is 1.93. The summed E-state index contributed by atoms with van der Waals surface area (Å²) in [5.74, 6) is -0.268. The van der Waals surface area contributed by atoms with Crippen molar-refractivity contribution >= 4 is 5.91 Å². The molecule has 0 saturated carbocycles. The monoisotopic (exact) mass is 268 g/mol. The quantitative estimate of drug-likeness (QED) is 0.682. The average Bonchev–Trinajstić information content (AvgIpc) is 2.76. The number of hydrogen-bond acceptors (Lipinski definition) is 3. The van der Waals surface area contributed by atoms with Gasteiger partial charge >= 0.3 is 6.18 Å². The third-order valence-electron chi connectivity index (χ3n) is 2.72. The highest BCUT2D eigenvalue weighted by Gasteiger charge is 2.27. The van der Waals surface area contributed by atoms with E-state index in [4.69, 9.17) is 0 Å². The van der Waals surface area contributed by atoms with Crippen LogP contribution in [0.4, 0.5) is 13.2 Å². The molecule has 1 heterocycles. The number of rotatable bonds is 7. The van der Waals surface area contributed by atoms with Crippen molar-refractivity contribution in [1.82, 2.24) is 10.6 Å². The van der Waals surface area contributed by atoms with Gasteiger partial charge in [-0.25, -0.2) is 0 Å². The van der Waals surface area contributed by atoms with Crippen LogP contribution in [0.5, 0.6) is 0 Å². The Hall–Kier alpha value is -0.820. The summed E-state index contributed by atoms with van der Waals surface area (Å²) >= 11 is 0. The maximum Gasteiger partial charge on any atom is 0.411 e. The number of halogens is 3. The maximum atomic E-state index is 11.7. The molecule has 2 N–H and O–H groups in total. The van der Waals surface area contributed by atoms with Gasteiger partial charge in [0.25, 0.3) is 0 Å². The van der Waals surface area contributed by atoms with E-state index >= 15 is 0 Å². The molecular formula is C11H19F3N2O2. The number of hydrogen-bond donors (Lipinski definition) is 2. The molecule has 0 aromatic heterocycles. The molecule has 1 unspecified atom stereocenters. The second-order valence-corrected chi connectivity index (χ2v) is 4.35. The van der Waals surface area contributed by atoms with Crippen molar-refractivity contribution < 1.29 is 22.7 Å². The number of ether oxygens (including phenoxy) is 1. The normalized spacial score (nSPS) is 20.1. The Kier molecular flexibility index (Phi) is 6.42. The van der Waals surface area contributed by atoms with Gasteiger partial charge in [0.1, 0.15) is 6.61 Å². The lowest BCUT2D eigenvalue weighted by molar-refractivity contribution is -0.174. The third kappa shape index (κ3) is 7.50. The van der Waals surface area contributed by atoms with Crippen molar-refractivity contribution in [3.8, 4) is 0 Å². The average molecular weight is 268 g/mol. The number of alkyl halides is 3. The van der Waals surface area contributed by atoms with Crippen LogP contribution in [-0.2, 0) is 9.53 Å². The molecule has 0 radical (unpaired) electrons. The SMILES string of the molecule is O=C(CCOCC(F)(F)F)NCCC1CCCN1. The van der Waals surface area contributed by atoms with E-state index in [1.807, 2.05) is 0 Å². The summed E-state index contributed by atoms with van der Waals surface area (Å²) in [7, 11) is 0. The Labute approximate surface area is 104 Å². The van der Waals surface area contributed by atoms with Crippen molar-refractivity contribution in [3.05, 3.63) is 0 Å². The lowest BCUT2D eigenvalue weighted by Crippen LogP contribution is -2.31. The fraction of sp³-hybridized carbons (Fsp3) is 0.909. The first-order chi connectivity index (χ1) is 8.47. The first-order valence-electron chi connectivity index (χ1n) is 6.12. The molecule has 1 aliphatic heterocycles. The van der Waals surface area contributed by atoms with Gasteiger partial charge in [0.15, 0.2) is 0 Å². The predicted molar refractivity (Wildman–Crippen MR) is 60.1 cm³/mol. The summed E-state index contributed by atoms with van der Waals surface area (Å²) < 4.78 is 39.5. The van der Waals surface area contributed by atoms with Crippen LogP contribution in [0, 0.1) is 0 Å². The van der Waals surface area contributed by atoms with Gasteiger partial charge in [0, 0.05) is 19.0 Å². The Bertz CT molecular complexity index is 253. The van der Waals surface area contributed by atoms with E-state index in [0.717, 1.165) is 25.8 Å². The second kappa shape index (κ2) is 7.58. The molecule has 0 aromatic rings. The minimum absolute atomic E-state index is 0.0336. The van der Waals surface area contributed by atoms with Gasteiger partial charge in [-0.3, -0.25) is 4.79 Å². The van der Waals surface area contributed by atoms with E-state index in [1.54, 1.807) is 0 Å². The lowest BCUT2D eigenvalue weighted by Gasteiger charge is -2.11. The van der Waals surface area contributed by atoms with Crippen molar-refractivity contribution in [2.75, 3.05) is 26.3 Å². The molecule has 0 spiro atoms. The molecule has 18 heavy (non-hydrogen) atoms. The number of amides is 1. The summed E-state index contributed by atoms with van der Waals surface area (Å²) in [5.41, 5.74) is 0. The molecule has 0 bridgehead atoms. The zero-order chi connectivity index (χ0) is 13.4.